The van der Waals surface area contributed by atoms with Gasteiger partial charge in [-0.25, -0.2) is 0 Å². The quantitative estimate of drug-likeness (QED) is 0.868. The van der Waals surface area contributed by atoms with Gasteiger partial charge in [0.15, 0.2) is 5.82 Å². The molecular weight excluding hydrogens is 266 g/mol. The molecule has 112 valence electrons. The van der Waals surface area contributed by atoms with Gasteiger partial charge >= 0.3 is 0 Å². The van der Waals surface area contributed by atoms with Gasteiger partial charge < -0.3 is 9.26 Å². The number of aromatic nitrogens is 2. The molecule has 0 spiro atoms. The largest absolute Gasteiger partial charge is 0.371 e. The van der Waals surface area contributed by atoms with E-state index in [4.69, 9.17) is 9.26 Å². The highest BCUT2D eigenvalue weighted by Crippen LogP contribution is 2.27. The number of ether oxygens (including phenoxy) is 1. The summed E-state index contributed by atoms with van der Waals surface area (Å²) in [4.78, 5) is 6.65. The summed E-state index contributed by atoms with van der Waals surface area (Å²) < 4.78 is 11.1. The molecule has 0 bridgehead atoms. The van der Waals surface area contributed by atoms with Gasteiger partial charge in [0.05, 0.1) is 19.3 Å². The van der Waals surface area contributed by atoms with Crippen molar-refractivity contribution in [2.45, 2.75) is 39.5 Å². The predicted molar refractivity (Wildman–Crippen MR) is 78.8 cm³/mol. The number of hydrogen-bond donors (Lipinski definition) is 0. The summed E-state index contributed by atoms with van der Waals surface area (Å²) in [6.45, 7) is 8.37. The molecule has 1 saturated heterocycles. The zero-order valence-corrected chi connectivity index (χ0v) is 12.7. The third-order valence-electron chi connectivity index (χ3n) is 4.01. The Labute approximate surface area is 124 Å². The molecule has 0 radical (unpaired) electrons. The first-order chi connectivity index (χ1) is 10.1. The number of aryl methyl sites for hydroxylation is 2. The topological polar surface area (TPSA) is 51.4 Å². The van der Waals surface area contributed by atoms with Crippen LogP contribution in [0.3, 0.4) is 0 Å². The molecule has 2 aromatic rings. The first-order valence-electron chi connectivity index (χ1n) is 7.34. The van der Waals surface area contributed by atoms with Crippen LogP contribution in [0.4, 0.5) is 0 Å². The molecule has 1 aliphatic heterocycles. The monoisotopic (exact) mass is 287 g/mol. The Kier molecular flexibility index (Phi) is 4.03. The molecular formula is C16H21N3O2. The Morgan fingerprint density at radius 3 is 2.81 bits per heavy atom. The smallest absolute Gasteiger partial charge is 0.223 e. The van der Waals surface area contributed by atoms with E-state index in [1.54, 1.807) is 0 Å². The van der Waals surface area contributed by atoms with E-state index in [1.807, 2.05) is 6.92 Å². The minimum absolute atomic E-state index is 0.107. The van der Waals surface area contributed by atoms with Crippen LogP contribution in [-0.4, -0.2) is 34.2 Å². The van der Waals surface area contributed by atoms with Gasteiger partial charge in [-0.05, 0) is 25.0 Å². The summed E-state index contributed by atoms with van der Waals surface area (Å²) in [7, 11) is 0. The Morgan fingerprint density at radius 2 is 2.10 bits per heavy atom. The van der Waals surface area contributed by atoms with E-state index in [0.29, 0.717) is 18.5 Å². The first kappa shape index (κ1) is 14.2. The summed E-state index contributed by atoms with van der Waals surface area (Å²) in [5.74, 6) is 1.35. The molecule has 3 rings (SSSR count). The van der Waals surface area contributed by atoms with Gasteiger partial charge in [0.25, 0.3) is 0 Å². The van der Waals surface area contributed by atoms with Crippen LogP contribution >= 0.6 is 0 Å². The lowest BCUT2D eigenvalue weighted by atomic mass is 10.0. The van der Waals surface area contributed by atoms with Crippen LogP contribution in [0.5, 0.6) is 0 Å². The lowest BCUT2D eigenvalue weighted by molar-refractivity contribution is -0.0644. The standard InChI is InChI=1S/C16H21N3O2/c1-11-6-4-5-7-14(11)15-8-19(12(2)10-20-15)9-16-17-13(3)21-18-16/h4-7,12,15H,8-10H2,1-3H3/t12-,15+/m1/s1. The molecule has 1 aliphatic rings. The molecule has 21 heavy (non-hydrogen) atoms. The Hall–Kier alpha value is -1.72. The van der Waals surface area contributed by atoms with Crippen molar-refractivity contribution in [2.24, 2.45) is 0 Å². The van der Waals surface area contributed by atoms with Crippen LogP contribution in [0.2, 0.25) is 0 Å². The number of rotatable bonds is 3. The summed E-state index contributed by atoms with van der Waals surface area (Å²) in [6.07, 6.45) is 0.107. The fourth-order valence-corrected chi connectivity index (χ4v) is 2.75. The highest BCUT2D eigenvalue weighted by atomic mass is 16.5. The Bertz CT molecular complexity index is 611. The average Bonchev–Trinajstić information content (AvgIpc) is 2.87. The van der Waals surface area contributed by atoms with E-state index >= 15 is 0 Å². The Morgan fingerprint density at radius 1 is 1.29 bits per heavy atom. The van der Waals surface area contributed by atoms with Crippen molar-refractivity contribution in [1.29, 1.82) is 0 Å². The minimum Gasteiger partial charge on any atom is -0.371 e. The highest BCUT2D eigenvalue weighted by molar-refractivity contribution is 5.28. The fourth-order valence-electron chi connectivity index (χ4n) is 2.75. The molecule has 5 nitrogen and oxygen atoms in total. The molecule has 0 unspecified atom stereocenters. The zero-order chi connectivity index (χ0) is 14.8. The molecule has 1 aromatic carbocycles. The number of nitrogens with zero attached hydrogens (tertiary/aromatic N) is 3. The van der Waals surface area contributed by atoms with E-state index in [2.05, 4.69) is 53.2 Å². The number of benzene rings is 1. The van der Waals surface area contributed by atoms with Crippen molar-refractivity contribution < 1.29 is 9.26 Å². The van der Waals surface area contributed by atoms with Crippen molar-refractivity contribution >= 4 is 0 Å². The van der Waals surface area contributed by atoms with Crippen molar-refractivity contribution in [2.75, 3.05) is 13.2 Å². The van der Waals surface area contributed by atoms with E-state index < -0.39 is 0 Å². The zero-order valence-electron chi connectivity index (χ0n) is 12.7. The fraction of sp³-hybridized carbons (Fsp3) is 0.500. The van der Waals surface area contributed by atoms with Crippen molar-refractivity contribution in [1.82, 2.24) is 15.0 Å². The average molecular weight is 287 g/mol. The molecule has 0 saturated carbocycles. The highest BCUT2D eigenvalue weighted by Gasteiger charge is 2.28. The van der Waals surface area contributed by atoms with E-state index in [0.717, 1.165) is 19.0 Å². The lowest BCUT2D eigenvalue weighted by Gasteiger charge is -2.37. The van der Waals surface area contributed by atoms with Gasteiger partial charge in [0.1, 0.15) is 0 Å². The number of hydrogen-bond acceptors (Lipinski definition) is 5. The SMILES string of the molecule is Cc1nc(CN2C[C@@H](c3ccccc3C)OC[C@H]2C)no1. The van der Waals surface area contributed by atoms with Gasteiger partial charge in [-0.3, -0.25) is 4.90 Å². The van der Waals surface area contributed by atoms with E-state index in [1.165, 1.54) is 11.1 Å². The molecule has 0 amide bonds. The van der Waals surface area contributed by atoms with Gasteiger partial charge in [-0.1, -0.05) is 29.4 Å². The van der Waals surface area contributed by atoms with Crippen LogP contribution in [0.1, 0.15) is 35.9 Å². The van der Waals surface area contributed by atoms with Crippen LogP contribution in [0, 0.1) is 13.8 Å². The third kappa shape index (κ3) is 3.14. The summed E-state index contributed by atoms with van der Waals surface area (Å²) in [5, 5.41) is 3.99. The lowest BCUT2D eigenvalue weighted by Crippen LogP contribution is -2.44. The maximum absolute atomic E-state index is 6.02. The minimum atomic E-state index is 0.107. The maximum atomic E-state index is 6.02. The van der Waals surface area contributed by atoms with Gasteiger partial charge in [-0.15, -0.1) is 0 Å². The van der Waals surface area contributed by atoms with Crippen LogP contribution in [0.15, 0.2) is 28.8 Å². The second-order valence-corrected chi connectivity index (χ2v) is 5.69. The van der Waals surface area contributed by atoms with Gasteiger partial charge in [0.2, 0.25) is 5.89 Å². The van der Waals surface area contributed by atoms with Crippen LogP contribution in [0.25, 0.3) is 0 Å². The second kappa shape index (κ2) is 5.95. The maximum Gasteiger partial charge on any atom is 0.223 e. The molecule has 1 aromatic heterocycles. The molecule has 5 heteroatoms. The van der Waals surface area contributed by atoms with Gasteiger partial charge in [0, 0.05) is 19.5 Å². The molecule has 1 fully saturated rings. The molecule has 0 N–H and O–H groups in total. The number of morpholine rings is 1. The van der Waals surface area contributed by atoms with E-state index in [-0.39, 0.29) is 6.10 Å². The summed E-state index contributed by atoms with van der Waals surface area (Å²) >= 11 is 0. The Balaban J connectivity index is 1.74. The summed E-state index contributed by atoms with van der Waals surface area (Å²) in [5.41, 5.74) is 2.53. The molecule has 0 aliphatic carbocycles. The van der Waals surface area contributed by atoms with E-state index in [9.17, 15) is 0 Å². The van der Waals surface area contributed by atoms with Crippen molar-refractivity contribution in [3.05, 3.63) is 47.1 Å². The van der Waals surface area contributed by atoms with Crippen LogP contribution in [-0.2, 0) is 11.3 Å². The third-order valence-corrected chi connectivity index (χ3v) is 4.01. The molecule has 2 heterocycles. The van der Waals surface area contributed by atoms with Crippen LogP contribution < -0.4 is 0 Å². The van der Waals surface area contributed by atoms with Crippen molar-refractivity contribution in [3.8, 4) is 0 Å². The molecule has 2 atom stereocenters. The van der Waals surface area contributed by atoms with Gasteiger partial charge in [-0.2, -0.15) is 4.98 Å². The normalized spacial score (nSPS) is 23.4. The predicted octanol–water partition coefficient (Wildman–Crippen LogP) is 2.65. The first-order valence-corrected chi connectivity index (χ1v) is 7.34. The summed E-state index contributed by atoms with van der Waals surface area (Å²) in [6, 6.07) is 8.75. The second-order valence-electron chi connectivity index (χ2n) is 5.69. The van der Waals surface area contributed by atoms with Crippen molar-refractivity contribution in [3.63, 3.8) is 0 Å².